The van der Waals surface area contributed by atoms with Crippen molar-refractivity contribution < 1.29 is 9.53 Å². The molecule has 1 saturated heterocycles. The fourth-order valence-corrected chi connectivity index (χ4v) is 1.43. The van der Waals surface area contributed by atoms with Crippen LogP contribution >= 0.6 is 15.9 Å². The molecule has 0 aromatic rings. The van der Waals surface area contributed by atoms with E-state index in [1.54, 1.807) is 0 Å². The molecule has 5 heteroatoms. The smallest absolute Gasteiger partial charge is 0.236 e. The van der Waals surface area contributed by atoms with Gasteiger partial charge >= 0.3 is 0 Å². The molecule has 1 fully saturated rings. The van der Waals surface area contributed by atoms with E-state index in [0.29, 0.717) is 39.4 Å². The molecule has 1 N–H and O–H groups in total. The average Bonchev–Trinajstić information content (AvgIpc) is 2.18. The Morgan fingerprint density at radius 3 is 2.64 bits per heavy atom. The van der Waals surface area contributed by atoms with Crippen LogP contribution in [-0.4, -0.2) is 50.2 Å². The molecule has 1 aliphatic rings. The minimum Gasteiger partial charge on any atom is -0.378 e. The molecule has 80 valence electrons. The standard InChI is InChI=1S/C9H15BrN2O2/c1-8(10)6-11-7-9(13)12-2-4-14-5-3-12/h11H,1-7H2. The van der Waals surface area contributed by atoms with Crippen LogP contribution < -0.4 is 5.32 Å². The molecule has 0 unspecified atom stereocenters. The lowest BCUT2D eigenvalue weighted by Crippen LogP contribution is -2.44. The fourth-order valence-electron chi connectivity index (χ4n) is 1.23. The van der Waals surface area contributed by atoms with Crippen molar-refractivity contribution in [3.63, 3.8) is 0 Å². The van der Waals surface area contributed by atoms with Crippen molar-refractivity contribution in [1.82, 2.24) is 10.2 Å². The Morgan fingerprint density at radius 2 is 2.07 bits per heavy atom. The number of hydrogen-bond acceptors (Lipinski definition) is 3. The van der Waals surface area contributed by atoms with Crippen LogP contribution in [-0.2, 0) is 9.53 Å². The molecular formula is C9H15BrN2O2. The van der Waals surface area contributed by atoms with Gasteiger partial charge in [-0.3, -0.25) is 4.79 Å². The summed E-state index contributed by atoms with van der Waals surface area (Å²) in [6.07, 6.45) is 0. The zero-order valence-electron chi connectivity index (χ0n) is 8.09. The predicted molar refractivity (Wildman–Crippen MR) is 58.3 cm³/mol. The fraction of sp³-hybridized carbons (Fsp3) is 0.667. The van der Waals surface area contributed by atoms with Gasteiger partial charge in [0.2, 0.25) is 5.91 Å². The van der Waals surface area contributed by atoms with Crippen LogP contribution in [0.4, 0.5) is 0 Å². The monoisotopic (exact) mass is 262 g/mol. The molecule has 0 spiro atoms. The maximum absolute atomic E-state index is 11.5. The van der Waals surface area contributed by atoms with Crippen LogP contribution in [0.5, 0.6) is 0 Å². The molecule has 1 heterocycles. The third-order valence-corrected chi connectivity index (χ3v) is 2.24. The van der Waals surface area contributed by atoms with Gasteiger partial charge in [0.25, 0.3) is 0 Å². The number of ether oxygens (including phenoxy) is 1. The van der Waals surface area contributed by atoms with Gasteiger partial charge in [0.1, 0.15) is 0 Å². The van der Waals surface area contributed by atoms with E-state index in [0.717, 1.165) is 4.48 Å². The molecule has 0 aromatic heterocycles. The summed E-state index contributed by atoms with van der Waals surface area (Å²) in [4.78, 5) is 13.4. The normalized spacial score (nSPS) is 16.8. The van der Waals surface area contributed by atoms with Crippen LogP contribution in [0.15, 0.2) is 11.1 Å². The third kappa shape index (κ3) is 4.21. The summed E-state index contributed by atoms with van der Waals surface area (Å²) in [5, 5.41) is 3.00. The van der Waals surface area contributed by atoms with Gasteiger partial charge in [-0.15, -0.1) is 0 Å². The largest absolute Gasteiger partial charge is 0.378 e. The molecular weight excluding hydrogens is 248 g/mol. The maximum Gasteiger partial charge on any atom is 0.236 e. The Kier molecular flexibility index (Phi) is 5.14. The van der Waals surface area contributed by atoms with Gasteiger partial charge in [-0.1, -0.05) is 22.5 Å². The molecule has 4 nitrogen and oxygen atoms in total. The first kappa shape index (κ1) is 11.7. The van der Waals surface area contributed by atoms with Crippen molar-refractivity contribution >= 4 is 21.8 Å². The highest BCUT2D eigenvalue weighted by atomic mass is 79.9. The van der Waals surface area contributed by atoms with Crippen LogP contribution in [0, 0.1) is 0 Å². The quantitative estimate of drug-likeness (QED) is 0.795. The SMILES string of the molecule is C=C(Br)CNCC(=O)N1CCOCC1. The number of nitrogens with zero attached hydrogens (tertiary/aromatic N) is 1. The minimum absolute atomic E-state index is 0.127. The number of rotatable bonds is 4. The molecule has 1 aliphatic heterocycles. The average molecular weight is 263 g/mol. The first-order valence-electron chi connectivity index (χ1n) is 4.59. The van der Waals surface area contributed by atoms with E-state index in [9.17, 15) is 4.79 Å². The van der Waals surface area contributed by atoms with E-state index in [2.05, 4.69) is 27.8 Å². The van der Waals surface area contributed by atoms with E-state index in [4.69, 9.17) is 4.74 Å². The van der Waals surface area contributed by atoms with Crippen LogP contribution in [0.2, 0.25) is 0 Å². The van der Waals surface area contributed by atoms with Gasteiger partial charge in [-0.25, -0.2) is 0 Å². The summed E-state index contributed by atoms with van der Waals surface area (Å²) in [6, 6.07) is 0. The number of amides is 1. The van der Waals surface area contributed by atoms with Crippen LogP contribution in [0.25, 0.3) is 0 Å². The second kappa shape index (κ2) is 6.16. The highest BCUT2D eigenvalue weighted by Crippen LogP contribution is 1.98. The number of morpholine rings is 1. The van der Waals surface area contributed by atoms with Gasteiger partial charge in [-0.2, -0.15) is 0 Å². The van der Waals surface area contributed by atoms with Gasteiger partial charge in [0, 0.05) is 24.1 Å². The lowest BCUT2D eigenvalue weighted by molar-refractivity contribution is -0.134. The molecule has 0 bridgehead atoms. The molecule has 0 aliphatic carbocycles. The van der Waals surface area contributed by atoms with Crippen molar-refractivity contribution in [2.75, 3.05) is 39.4 Å². The topological polar surface area (TPSA) is 41.6 Å². The van der Waals surface area contributed by atoms with E-state index in [-0.39, 0.29) is 5.91 Å². The molecule has 0 atom stereocenters. The molecule has 0 radical (unpaired) electrons. The van der Waals surface area contributed by atoms with E-state index in [1.807, 2.05) is 4.90 Å². The van der Waals surface area contributed by atoms with E-state index < -0.39 is 0 Å². The van der Waals surface area contributed by atoms with Crippen molar-refractivity contribution in [2.24, 2.45) is 0 Å². The van der Waals surface area contributed by atoms with Crippen molar-refractivity contribution in [1.29, 1.82) is 0 Å². The summed E-state index contributed by atoms with van der Waals surface area (Å²) in [7, 11) is 0. The highest BCUT2D eigenvalue weighted by Gasteiger charge is 2.15. The molecule has 1 rings (SSSR count). The summed E-state index contributed by atoms with van der Waals surface area (Å²) in [5.41, 5.74) is 0. The molecule has 0 saturated carbocycles. The Hall–Kier alpha value is -0.390. The van der Waals surface area contributed by atoms with Gasteiger partial charge in [-0.05, 0) is 0 Å². The van der Waals surface area contributed by atoms with Crippen molar-refractivity contribution in [3.05, 3.63) is 11.1 Å². The second-order valence-electron chi connectivity index (χ2n) is 3.11. The summed E-state index contributed by atoms with van der Waals surface area (Å²) in [5.74, 6) is 0.127. The predicted octanol–water partition coefficient (Wildman–Crippen LogP) is 0.343. The van der Waals surface area contributed by atoms with Crippen LogP contribution in [0.3, 0.4) is 0 Å². The molecule has 0 aromatic carbocycles. The molecule has 14 heavy (non-hydrogen) atoms. The number of halogens is 1. The van der Waals surface area contributed by atoms with Crippen LogP contribution in [0.1, 0.15) is 0 Å². The number of hydrogen-bond donors (Lipinski definition) is 1. The van der Waals surface area contributed by atoms with Crippen molar-refractivity contribution in [3.8, 4) is 0 Å². The summed E-state index contributed by atoms with van der Waals surface area (Å²) in [6.45, 7) is 7.37. The number of carbonyl (C=O) groups excluding carboxylic acids is 1. The Balaban J connectivity index is 2.16. The zero-order valence-corrected chi connectivity index (χ0v) is 9.68. The Morgan fingerprint density at radius 1 is 1.43 bits per heavy atom. The summed E-state index contributed by atoms with van der Waals surface area (Å²) >= 11 is 3.22. The summed E-state index contributed by atoms with van der Waals surface area (Å²) < 4.78 is 6.01. The van der Waals surface area contributed by atoms with Crippen molar-refractivity contribution in [2.45, 2.75) is 0 Å². The lowest BCUT2D eigenvalue weighted by atomic mass is 10.4. The number of carbonyl (C=O) groups is 1. The zero-order chi connectivity index (χ0) is 10.4. The number of nitrogens with one attached hydrogen (secondary N) is 1. The maximum atomic E-state index is 11.5. The Labute approximate surface area is 92.4 Å². The van der Waals surface area contributed by atoms with Gasteiger partial charge in [0.15, 0.2) is 0 Å². The van der Waals surface area contributed by atoms with Gasteiger partial charge in [0.05, 0.1) is 19.8 Å². The lowest BCUT2D eigenvalue weighted by Gasteiger charge is -2.26. The highest BCUT2D eigenvalue weighted by molar-refractivity contribution is 9.11. The minimum atomic E-state index is 0.127. The molecule has 1 amide bonds. The Bertz CT molecular complexity index is 215. The first-order chi connectivity index (χ1) is 6.70. The second-order valence-corrected chi connectivity index (χ2v) is 4.24. The van der Waals surface area contributed by atoms with Gasteiger partial charge < -0.3 is 15.0 Å². The van der Waals surface area contributed by atoms with E-state index in [1.165, 1.54) is 0 Å². The first-order valence-corrected chi connectivity index (χ1v) is 5.39. The van der Waals surface area contributed by atoms with E-state index >= 15 is 0 Å². The third-order valence-electron chi connectivity index (χ3n) is 1.96.